The van der Waals surface area contributed by atoms with Gasteiger partial charge < -0.3 is 20.4 Å². The van der Waals surface area contributed by atoms with Crippen molar-refractivity contribution in [3.8, 4) is 0 Å². The number of carbonyl (C=O) groups is 2. The minimum absolute atomic E-state index is 0.125. The third-order valence-corrected chi connectivity index (χ3v) is 1.54. The lowest BCUT2D eigenvalue weighted by molar-refractivity contribution is -0.133. The van der Waals surface area contributed by atoms with Gasteiger partial charge in [0.25, 0.3) is 0 Å². The van der Waals surface area contributed by atoms with E-state index < -0.39 is 11.9 Å². The molecule has 0 aromatic carbocycles. The van der Waals surface area contributed by atoms with E-state index >= 15 is 0 Å². The van der Waals surface area contributed by atoms with Gasteiger partial charge in [-0.2, -0.15) is 0 Å². The molecule has 18 heavy (non-hydrogen) atoms. The summed E-state index contributed by atoms with van der Waals surface area (Å²) in [4.78, 5) is 19.7. The van der Waals surface area contributed by atoms with Crippen LogP contribution in [0.25, 0.3) is 0 Å². The van der Waals surface area contributed by atoms with Crippen LogP contribution >= 0.6 is 0 Å². The fourth-order valence-corrected chi connectivity index (χ4v) is 0.214. The number of hydrogen-bond donors (Lipinski definition) is 4. The molecule has 0 atom stereocenters. The largest absolute Gasteiger partial charge is 0.478 e. The number of rotatable bonds is 3. The second kappa shape index (κ2) is 13.4. The third-order valence-electron chi connectivity index (χ3n) is 1.54. The maximum Gasteiger partial charge on any atom is 0.331 e. The van der Waals surface area contributed by atoms with Gasteiger partial charge in [-0.1, -0.05) is 12.2 Å². The van der Waals surface area contributed by atoms with Gasteiger partial charge in [-0.3, -0.25) is 0 Å². The summed E-state index contributed by atoms with van der Waals surface area (Å²) in [5.74, 6) is -1.76. The molecule has 0 unspecified atom stereocenters. The average Bonchev–Trinajstić information content (AvgIpc) is 2.28. The SMILES string of the molecule is C=C(C)C(=O)O.CC(C)=C(C)C(=O)O.OCCO. The molecule has 0 aromatic rings. The molecule has 4 N–H and O–H groups in total. The van der Waals surface area contributed by atoms with Crippen LogP contribution in [0.15, 0.2) is 23.3 Å². The topological polar surface area (TPSA) is 115 Å². The maximum absolute atomic E-state index is 10.1. The van der Waals surface area contributed by atoms with Crippen molar-refractivity contribution in [2.75, 3.05) is 13.2 Å². The molecule has 0 radical (unpaired) electrons. The van der Waals surface area contributed by atoms with Crippen molar-refractivity contribution in [2.24, 2.45) is 0 Å². The van der Waals surface area contributed by atoms with Crippen molar-refractivity contribution in [2.45, 2.75) is 27.7 Å². The Morgan fingerprint density at radius 3 is 1.17 bits per heavy atom. The summed E-state index contributed by atoms with van der Waals surface area (Å²) in [5, 5.41) is 31.4. The van der Waals surface area contributed by atoms with Gasteiger partial charge in [0.15, 0.2) is 0 Å². The maximum atomic E-state index is 10.1. The first-order chi connectivity index (χ1) is 8.11. The molecule has 0 aliphatic carbocycles. The summed E-state index contributed by atoms with van der Waals surface area (Å²) >= 11 is 0. The van der Waals surface area contributed by atoms with Crippen LogP contribution in [0.5, 0.6) is 0 Å². The molecule has 6 heteroatoms. The Kier molecular flexibility index (Phi) is 16.1. The molecule has 0 bridgehead atoms. The standard InChI is InChI=1S/C6H10O2.C4H6O2.C2H6O2/c1-4(2)5(3)6(7)8;1-3(2)4(5)6;3-1-2-4/h1-3H3,(H,7,8);1H2,2H3,(H,5,6);3-4H,1-2H2. The lowest BCUT2D eigenvalue weighted by atomic mass is 10.2. The molecule has 0 spiro atoms. The predicted octanol–water partition coefficient (Wildman–Crippen LogP) is 1.05. The summed E-state index contributed by atoms with van der Waals surface area (Å²) in [6, 6.07) is 0. The van der Waals surface area contributed by atoms with Gasteiger partial charge in [0, 0.05) is 11.1 Å². The van der Waals surface area contributed by atoms with Crippen LogP contribution in [0.1, 0.15) is 27.7 Å². The van der Waals surface area contributed by atoms with Crippen LogP contribution in [-0.4, -0.2) is 45.6 Å². The number of hydrogen-bond acceptors (Lipinski definition) is 4. The Hall–Kier alpha value is -1.66. The molecule has 0 rings (SSSR count). The van der Waals surface area contributed by atoms with Crippen LogP contribution < -0.4 is 0 Å². The molecule has 0 aromatic heterocycles. The molecule has 0 amide bonds. The van der Waals surface area contributed by atoms with E-state index in [0.29, 0.717) is 5.57 Å². The number of aliphatic hydroxyl groups is 2. The predicted molar refractivity (Wildman–Crippen MR) is 68.3 cm³/mol. The van der Waals surface area contributed by atoms with Crippen LogP contribution in [0.2, 0.25) is 0 Å². The molecule has 0 heterocycles. The van der Waals surface area contributed by atoms with Crippen LogP contribution in [0, 0.1) is 0 Å². The summed E-state index contributed by atoms with van der Waals surface area (Å²) in [7, 11) is 0. The number of allylic oxidation sites excluding steroid dienone is 1. The Labute approximate surface area is 107 Å². The van der Waals surface area contributed by atoms with E-state index in [1.54, 1.807) is 20.8 Å². The normalized spacial score (nSPS) is 7.89. The van der Waals surface area contributed by atoms with E-state index in [1.165, 1.54) is 6.92 Å². The monoisotopic (exact) mass is 262 g/mol. The highest BCUT2D eigenvalue weighted by Gasteiger charge is 1.99. The van der Waals surface area contributed by atoms with Crippen molar-refractivity contribution in [1.29, 1.82) is 0 Å². The first kappa shape index (κ1) is 21.6. The molecule has 0 saturated heterocycles. The van der Waals surface area contributed by atoms with Gasteiger partial charge in [-0.05, 0) is 27.7 Å². The highest BCUT2D eigenvalue weighted by atomic mass is 16.4. The zero-order chi connectivity index (χ0) is 15.3. The molecule has 0 saturated carbocycles. The second-order valence-electron chi connectivity index (χ2n) is 3.46. The third kappa shape index (κ3) is 19.8. The van der Waals surface area contributed by atoms with Gasteiger partial charge in [-0.25, -0.2) is 9.59 Å². The summed E-state index contributed by atoms with van der Waals surface area (Å²) in [6.45, 7) is 9.51. The zero-order valence-corrected chi connectivity index (χ0v) is 11.2. The first-order valence-electron chi connectivity index (χ1n) is 5.09. The quantitative estimate of drug-likeness (QED) is 0.565. The molecule has 0 fully saturated rings. The van der Waals surface area contributed by atoms with Crippen LogP contribution in [0.3, 0.4) is 0 Å². The van der Waals surface area contributed by atoms with E-state index in [2.05, 4.69) is 6.58 Å². The molecule has 0 aliphatic rings. The average molecular weight is 262 g/mol. The molecular formula is C12H22O6. The Balaban J connectivity index is -0.000000200. The Bertz CT molecular complexity index is 286. The van der Waals surface area contributed by atoms with Gasteiger partial charge in [0.1, 0.15) is 0 Å². The fraction of sp³-hybridized carbons (Fsp3) is 0.500. The molecule has 0 aliphatic heterocycles. The van der Waals surface area contributed by atoms with Crippen molar-refractivity contribution >= 4 is 11.9 Å². The highest BCUT2D eigenvalue weighted by Crippen LogP contribution is 1.99. The van der Waals surface area contributed by atoms with Crippen LogP contribution in [-0.2, 0) is 9.59 Å². The van der Waals surface area contributed by atoms with Crippen molar-refractivity contribution in [3.63, 3.8) is 0 Å². The lowest BCUT2D eigenvalue weighted by Gasteiger charge is -1.92. The molecule has 6 nitrogen and oxygen atoms in total. The van der Waals surface area contributed by atoms with Crippen molar-refractivity contribution in [1.82, 2.24) is 0 Å². The number of carboxylic acid groups (broad SMARTS) is 2. The number of aliphatic carboxylic acids is 2. The summed E-state index contributed by atoms with van der Waals surface area (Å²) in [6.07, 6.45) is 0. The van der Waals surface area contributed by atoms with Gasteiger partial charge in [-0.15, -0.1) is 0 Å². The van der Waals surface area contributed by atoms with Crippen molar-refractivity contribution in [3.05, 3.63) is 23.3 Å². The Morgan fingerprint density at radius 2 is 1.17 bits per heavy atom. The minimum atomic E-state index is -0.935. The molecular weight excluding hydrogens is 240 g/mol. The highest BCUT2D eigenvalue weighted by molar-refractivity contribution is 5.86. The smallest absolute Gasteiger partial charge is 0.331 e. The van der Waals surface area contributed by atoms with E-state index in [-0.39, 0.29) is 18.8 Å². The van der Waals surface area contributed by atoms with Gasteiger partial charge >= 0.3 is 11.9 Å². The minimum Gasteiger partial charge on any atom is -0.478 e. The fourth-order valence-electron chi connectivity index (χ4n) is 0.214. The van der Waals surface area contributed by atoms with Gasteiger partial charge in [0.2, 0.25) is 0 Å². The Morgan fingerprint density at radius 1 is 0.889 bits per heavy atom. The lowest BCUT2D eigenvalue weighted by Crippen LogP contribution is -1.97. The van der Waals surface area contributed by atoms with Crippen LogP contribution in [0.4, 0.5) is 0 Å². The van der Waals surface area contributed by atoms with Crippen molar-refractivity contribution < 1.29 is 30.0 Å². The number of carboxylic acids is 2. The zero-order valence-electron chi connectivity index (χ0n) is 11.2. The number of aliphatic hydroxyl groups excluding tert-OH is 2. The summed E-state index contributed by atoms with van der Waals surface area (Å²) in [5.41, 5.74) is 1.47. The van der Waals surface area contributed by atoms with E-state index in [9.17, 15) is 9.59 Å². The molecule has 106 valence electrons. The van der Waals surface area contributed by atoms with E-state index in [4.69, 9.17) is 20.4 Å². The van der Waals surface area contributed by atoms with E-state index in [0.717, 1.165) is 5.57 Å². The van der Waals surface area contributed by atoms with E-state index in [1.807, 2.05) is 0 Å². The second-order valence-corrected chi connectivity index (χ2v) is 3.46. The summed E-state index contributed by atoms with van der Waals surface area (Å²) < 4.78 is 0. The van der Waals surface area contributed by atoms with Gasteiger partial charge in [0.05, 0.1) is 13.2 Å². The first-order valence-corrected chi connectivity index (χ1v) is 5.09.